The van der Waals surface area contributed by atoms with Gasteiger partial charge in [-0.25, -0.2) is 9.78 Å². The van der Waals surface area contributed by atoms with Gasteiger partial charge in [0.25, 0.3) is 5.56 Å². The molecule has 1 aromatic heterocycles. The van der Waals surface area contributed by atoms with Crippen molar-refractivity contribution in [3.8, 4) is 11.4 Å². The normalized spacial score (nSPS) is 10.3. The van der Waals surface area contributed by atoms with Gasteiger partial charge in [-0.3, -0.25) is 4.79 Å². The van der Waals surface area contributed by atoms with E-state index in [0.717, 1.165) is 9.13 Å². The van der Waals surface area contributed by atoms with Gasteiger partial charge in [0.1, 0.15) is 11.4 Å². The van der Waals surface area contributed by atoms with Gasteiger partial charge in [0.05, 0.1) is 5.69 Å². The fraction of sp³-hybridized carbons (Fsp3) is 0.0833. The van der Waals surface area contributed by atoms with Gasteiger partial charge in [0.2, 0.25) is 0 Å². The van der Waals surface area contributed by atoms with Crippen LogP contribution in [0.4, 0.5) is 0 Å². The number of H-pyrrole nitrogens is 1. The molecule has 0 amide bonds. The second-order valence-electron chi connectivity index (χ2n) is 3.69. The monoisotopic (exact) mass is 356 g/mol. The summed E-state index contributed by atoms with van der Waals surface area (Å²) in [5.74, 6) is -0.894. The quantitative estimate of drug-likeness (QED) is 0.807. The summed E-state index contributed by atoms with van der Waals surface area (Å²) in [6.07, 6.45) is 0. The molecule has 92 valence electrons. The Hall–Kier alpha value is -1.70. The highest BCUT2D eigenvalue weighted by molar-refractivity contribution is 14.1. The first-order valence-corrected chi connectivity index (χ1v) is 6.17. The summed E-state index contributed by atoms with van der Waals surface area (Å²) in [4.78, 5) is 29.1. The third kappa shape index (κ3) is 2.42. The zero-order valence-corrected chi connectivity index (χ0v) is 11.6. The molecule has 18 heavy (non-hydrogen) atoms. The van der Waals surface area contributed by atoms with Crippen LogP contribution in [0.3, 0.4) is 0 Å². The lowest BCUT2D eigenvalue weighted by atomic mass is 10.2. The van der Waals surface area contributed by atoms with Crippen molar-refractivity contribution in [3.05, 3.63) is 49.4 Å². The van der Waals surface area contributed by atoms with Crippen LogP contribution >= 0.6 is 22.6 Å². The molecule has 0 atom stereocenters. The molecule has 2 aromatic rings. The number of aromatic nitrogens is 2. The summed E-state index contributed by atoms with van der Waals surface area (Å²) >= 11 is 2.17. The summed E-state index contributed by atoms with van der Waals surface area (Å²) in [6, 6.07) is 7.41. The molecule has 5 nitrogen and oxygen atoms in total. The van der Waals surface area contributed by atoms with E-state index in [-0.39, 0.29) is 11.3 Å². The number of hydrogen-bond donors (Lipinski definition) is 2. The number of aryl methyl sites for hydroxylation is 1. The van der Waals surface area contributed by atoms with Crippen molar-refractivity contribution in [1.29, 1.82) is 0 Å². The molecule has 0 aliphatic heterocycles. The van der Waals surface area contributed by atoms with Gasteiger partial charge in [-0.2, -0.15) is 0 Å². The highest BCUT2D eigenvalue weighted by atomic mass is 127. The number of benzene rings is 1. The van der Waals surface area contributed by atoms with E-state index in [2.05, 4.69) is 32.6 Å². The van der Waals surface area contributed by atoms with Crippen molar-refractivity contribution >= 4 is 28.6 Å². The molecule has 0 unspecified atom stereocenters. The largest absolute Gasteiger partial charge is 0.477 e. The molecular formula is C12H9IN2O3. The summed E-state index contributed by atoms with van der Waals surface area (Å²) in [5.41, 5.74) is 0.000154. The Morgan fingerprint density at radius 1 is 1.33 bits per heavy atom. The number of carboxylic acid groups (broad SMARTS) is 1. The van der Waals surface area contributed by atoms with Crippen LogP contribution < -0.4 is 5.56 Å². The van der Waals surface area contributed by atoms with Crippen molar-refractivity contribution in [1.82, 2.24) is 9.97 Å². The smallest absolute Gasteiger partial charge is 0.343 e. The number of carbonyl (C=O) groups is 1. The number of hydrogen-bond acceptors (Lipinski definition) is 3. The standard InChI is InChI=1S/C12H9IN2O3/c1-6-9(12(17)18)11(16)15-10(14-6)7-2-4-8(13)5-3-7/h2-5H,1H3,(H,17,18)(H,14,15,16). The molecule has 0 aliphatic carbocycles. The topological polar surface area (TPSA) is 83.0 Å². The van der Waals surface area contributed by atoms with Crippen LogP contribution in [0.2, 0.25) is 0 Å². The van der Waals surface area contributed by atoms with E-state index in [9.17, 15) is 9.59 Å². The highest BCUT2D eigenvalue weighted by Gasteiger charge is 2.15. The van der Waals surface area contributed by atoms with Crippen molar-refractivity contribution in [3.63, 3.8) is 0 Å². The first kappa shape index (κ1) is 12.7. The van der Waals surface area contributed by atoms with Gasteiger partial charge in [-0.05, 0) is 41.6 Å². The van der Waals surface area contributed by atoms with Crippen molar-refractivity contribution < 1.29 is 9.90 Å². The van der Waals surface area contributed by atoms with E-state index >= 15 is 0 Å². The number of halogens is 1. The molecular weight excluding hydrogens is 347 g/mol. The van der Waals surface area contributed by atoms with Crippen molar-refractivity contribution in [2.24, 2.45) is 0 Å². The number of aromatic amines is 1. The summed E-state index contributed by atoms with van der Waals surface area (Å²) in [7, 11) is 0. The maximum Gasteiger partial charge on any atom is 0.343 e. The van der Waals surface area contributed by atoms with Gasteiger partial charge in [-0.15, -0.1) is 0 Å². The minimum atomic E-state index is -1.27. The first-order valence-electron chi connectivity index (χ1n) is 5.09. The average Bonchev–Trinajstić information content (AvgIpc) is 2.28. The number of carboxylic acids is 1. The Bertz CT molecular complexity index is 662. The number of nitrogens with one attached hydrogen (secondary N) is 1. The van der Waals surface area contributed by atoms with Gasteiger partial charge in [0.15, 0.2) is 0 Å². The Morgan fingerprint density at radius 2 is 1.94 bits per heavy atom. The fourth-order valence-corrected chi connectivity index (χ4v) is 1.94. The van der Waals surface area contributed by atoms with Crippen LogP contribution in [0.25, 0.3) is 11.4 Å². The van der Waals surface area contributed by atoms with Crippen molar-refractivity contribution in [2.45, 2.75) is 6.92 Å². The zero-order chi connectivity index (χ0) is 13.3. The average molecular weight is 356 g/mol. The fourth-order valence-electron chi connectivity index (χ4n) is 1.58. The van der Waals surface area contributed by atoms with Gasteiger partial charge < -0.3 is 10.1 Å². The minimum Gasteiger partial charge on any atom is -0.477 e. The van der Waals surface area contributed by atoms with Gasteiger partial charge >= 0.3 is 5.97 Å². The van der Waals surface area contributed by atoms with Crippen molar-refractivity contribution in [2.75, 3.05) is 0 Å². The second kappa shape index (κ2) is 4.89. The predicted molar refractivity (Wildman–Crippen MR) is 74.7 cm³/mol. The summed E-state index contributed by atoms with van der Waals surface area (Å²) < 4.78 is 1.07. The van der Waals surface area contributed by atoms with E-state index in [4.69, 9.17) is 5.11 Å². The molecule has 1 heterocycles. The molecule has 2 N–H and O–H groups in total. The molecule has 6 heteroatoms. The highest BCUT2D eigenvalue weighted by Crippen LogP contribution is 2.16. The maximum atomic E-state index is 11.7. The molecule has 0 fully saturated rings. The Kier molecular flexibility index (Phi) is 3.46. The zero-order valence-electron chi connectivity index (χ0n) is 9.40. The van der Waals surface area contributed by atoms with Crippen LogP contribution in [-0.2, 0) is 0 Å². The predicted octanol–water partition coefficient (Wildman–Crippen LogP) is 2.05. The molecule has 0 spiro atoms. The third-order valence-electron chi connectivity index (χ3n) is 2.43. The van der Waals surface area contributed by atoms with E-state index < -0.39 is 11.5 Å². The molecule has 2 rings (SSSR count). The van der Waals surface area contributed by atoms with Gasteiger partial charge in [0, 0.05) is 9.13 Å². The van der Waals surface area contributed by atoms with E-state index in [1.165, 1.54) is 6.92 Å². The second-order valence-corrected chi connectivity index (χ2v) is 4.93. The number of aromatic carboxylic acids is 1. The number of rotatable bonds is 2. The lowest BCUT2D eigenvalue weighted by Crippen LogP contribution is -2.21. The van der Waals surface area contributed by atoms with Gasteiger partial charge in [-0.1, -0.05) is 12.1 Å². The maximum absolute atomic E-state index is 11.7. The summed E-state index contributed by atoms with van der Waals surface area (Å²) in [5, 5.41) is 8.88. The summed E-state index contributed by atoms with van der Waals surface area (Å²) in [6.45, 7) is 1.51. The molecule has 0 saturated heterocycles. The van der Waals surface area contributed by atoms with E-state index in [1.807, 2.05) is 24.3 Å². The Morgan fingerprint density at radius 3 is 2.44 bits per heavy atom. The Labute approximate surface area is 116 Å². The van der Waals surface area contributed by atoms with Crippen LogP contribution in [0.5, 0.6) is 0 Å². The van der Waals surface area contributed by atoms with Crippen LogP contribution in [0.1, 0.15) is 16.1 Å². The SMILES string of the molecule is Cc1nc(-c2ccc(I)cc2)[nH]c(=O)c1C(=O)O. The third-order valence-corrected chi connectivity index (χ3v) is 3.15. The lowest BCUT2D eigenvalue weighted by molar-refractivity contribution is 0.0693. The van der Waals surface area contributed by atoms with Crippen LogP contribution in [-0.4, -0.2) is 21.0 Å². The Balaban J connectivity index is 2.58. The number of nitrogens with zero attached hydrogens (tertiary/aromatic N) is 1. The molecule has 0 aliphatic rings. The molecule has 0 radical (unpaired) electrons. The molecule has 1 aromatic carbocycles. The minimum absolute atomic E-state index is 0.208. The van der Waals surface area contributed by atoms with E-state index in [0.29, 0.717) is 5.82 Å². The molecule has 0 saturated carbocycles. The molecule has 0 bridgehead atoms. The lowest BCUT2D eigenvalue weighted by Gasteiger charge is -2.04. The van der Waals surface area contributed by atoms with E-state index in [1.54, 1.807) is 0 Å². The van der Waals surface area contributed by atoms with Crippen LogP contribution in [0, 0.1) is 10.5 Å². The van der Waals surface area contributed by atoms with Crippen LogP contribution in [0.15, 0.2) is 29.1 Å². The first-order chi connectivity index (χ1) is 8.49.